The van der Waals surface area contributed by atoms with Gasteiger partial charge < -0.3 is 14.7 Å². The van der Waals surface area contributed by atoms with Crippen LogP contribution in [-0.4, -0.2) is 65.1 Å². The first-order valence-electron chi connectivity index (χ1n) is 11.9. The second-order valence-corrected chi connectivity index (χ2v) is 9.67. The number of nitrogens with zero attached hydrogens (tertiary/aromatic N) is 4. The van der Waals surface area contributed by atoms with Crippen molar-refractivity contribution in [3.63, 3.8) is 0 Å². The van der Waals surface area contributed by atoms with Gasteiger partial charge in [-0.3, -0.25) is 9.69 Å². The number of amides is 1. The van der Waals surface area contributed by atoms with Crippen LogP contribution in [-0.2, 0) is 11.3 Å². The minimum absolute atomic E-state index is 0.0183. The number of halogens is 1. The van der Waals surface area contributed by atoms with E-state index in [0.717, 1.165) is 56.9 Å². The molecule has 1 aromatic carbocycles. The Labute approximate surface area is 195 Å². The molecule has 4 rings (SSSR count). The van der Waals surface area contributed by atoms with E-state index in [1.165, 1.54) is 25.9 Å². The largest absolute Gasteiger partial charge is 0.356 e. The summed E-state index contributed by atoms with van der Waals surface area (Å²) in [6, 6.07) is 7.47. The summed E-state index contributed by atoms with van der Waals surface area (Å²) >= 11 is 6.24. The molecule has 2 atom stereocenters. The Morgan fingerprint density at radius 3 is 2.84 bits per heavy atom. The second kappa shape index (κ2) is 11.3. The average Bonchev–Trinajstić information content (AvgIpc) is 3.25. The first-order chi connectivity index (χ1) is 15.6. The molecule has 1 amide bonds. The van der Waals surface area contributed by atoms with Crippen LogP contribution in [0.25, 0.3) is 11.4 Å². The van der Waals surface area contributed by atoms with Gasteiger partial charge in [-0.1, -0.05) is 35.8 Å². The Hall–Kier alpha value is -1.96. The molecule has 0 saturated carbocycles. The fraction of sp³-hybridized carbons (Fsp3) is 0.625. The molecule has 174 valence electrons. The summed E-state index contributed by atoms with van der Waals surface area (Å²) in [4.78, 5) is 22.0. The van der Waals surface area contributed by atoms with Gasteiger partial charge in [0.15, 0.2) is 0 Å². The zero-order valence-corrected chi connectivity index (χ0v) is 19.7. The maximum Gasteiger partial charge on any atom is 0.241 e. The number of likely N-dealkylation sites (tertiary alicyclic amines) is 2. The standard InChI is InChI=1S/C24H34ClN5O2/c1-18-7-4-12-29(15-18)14-6-11-26-24(31)19-8-5-13-30(16-19)17-22-27-23(28-32-22)20-9-2-3-10-21(20)25/h2-3,9-10,18-19H,4-8,11-17H2,1H3,(H,26,31). The number of hydrogen-bond acceptors (Lipinski definition) is 6. The lowest BCUT2D eigenvalue weighted by atomic mass is 9.97. The quantitative estimate of drug-likeness (QED) is 0.604. The molecule has 2 saturated heterocycles. The third-order valence-electron chi connectivity index (χ3n) is 6.51. The first kappa shape index (κ1) is 23.2. The van der Waals surface area contributed by atoms with Gasteiger partial charge in [0, 0.05) is 25.2 Å². The van der Waals surface area contributed by atoms with E-state index in [9.17, 15) is 4.79 Å². The highest BCUT2D eigenvalue weighted by atomic mass is 35.5. The van der Waals surface area contributed by atoms with Gasteiger partial charge >= 0.3 is 0 Å². The van der Waals surface area contributed by atoms with E-state index in [0.29, 0.717) is 23.3 Å². The SMILES string of the molecule is CC1CCCN(CCCNC(=O)C2CCCN(Cc3nc(-c4ccccc4Cl)no3)C2)C1. The van der Waals surface area contributed by atoms with Crippen molar-refractivity contribution >= 4 is 17.5 Å². The summed E-state index contributed by atoms with van der Waals surface area (Å²) in [5, 5.41) is 7.84. The highest BCUT2D eigenvalue weighted by Crippen LogP contribution is 2.25. The molecule has 2 aliphatic rings. The van der Waals surface area contributed by atoms with Crippen molar-refractivity contribution in [1.82, 2.24) is 25.3 Å². The number of carbonyl (C=O) groups is 1. The number of aromatic nitrogens is 2. The van der Waals surface area contributed by atoms with Crippen LogP contribution in [0.2, 0.25) is 5.02 Å². The van der Waals surface area contributed by atoms with Crippen LogP contribution in [0, 0.1) is 11.8 Å². The van der Waals surface area contributed by atoms with Gasteiger partial charge in [0.05, 0.1) is 17.5 Å². The predicted molar refractivity (Wildman–Crippen MR) is 125 cm³/mol. The number of carbonyl (C=O) groups excluding carboxylic acids is 1. The van der Waals surface area contributed by atoms with E-state index in [-0.39, 0.29) is 11.8 Å². The summed E-state index contributed by atoms with van der Waals surface area (Å²) in [5.74, 6) is 2.04. The van der Waals surface area contributed by atoms with Crippen molar-refractivity contribution in [2.45, 2.75) is 45.6 Å². The van der Waals surface area contributed by atoms with Gasteiger partial charge in [-0.2, -0.15) is 4.98 Å². The molecule has 2 unspecified atom stereocenters. The maximum atomic E-state index is 12.7. The van der Waals surface area contributed by atoms with Crippen LogP contribution in [0.4, 0.5) is 0 Å². The molecule has 2 fully saturated rings. The Morgan fingerprint density at radius 2 is 2.00 bits per heavy atom. The van der Waals surface area contributed by atoms with E-state index in [1.807, 2.05) is 24.3 Å². The van der Waals surface area contributed by atoms with Gasteiger partial charge in [0.25, 0.3) is 0 Å². The van der Waals surface area contributed by atoms with Crippen LogP contribution >= 0.6 is 11.6 Å². The van der Waals surface area contributed by atoms with Crippen molar-refractivity contribution in [2.75, 3.05) is 39.3 Å². The molecule has 0 radical (unpaired) electrons. The lowest BCUT2D eigenvalue weighted by Gasteiger charge is -2.31. The monoisotopic (exact) mass is 459 g/mol. The van der Waals surface area contributed by atoms with Crippen molar-refractivity contribution in [1.29, 1.82) is 0 Å². The fourth-order valence-electron chi connectivity index (χ4n) is 4.82. The van der Waals surface area contributed by atoms with Gasteiger partial charge in [-0.05, 0) is 69.8 Å². The zero-order valence-electron chi connectivity index (χ0n) is 18.9. The molecule has 0 spiro atoms. The van der Waals surface area contributed by atoms with Crippen molar-refractivity contribution in [3.05, 3.63) is 35.2 Å². The summed E-state index contributed by atoms with van der Waals surface area (Å²) in [5.41, 5.74) is 0.763. The molecule has 2 aromatic rings. The molecule has 0 bridgehead atoms. The molecule has 7 nitrogen and oxygen atoms in total. The summed E-state index contributed by atoms with van der Waals surface area (Å²) in [6.45, 7) is 8.75. The van der Waals surface area contributed by atoms with Crippen LogP contribution in [0.1, 0.15) is 44.9 Å². The summed E-state index contributed by atoms with van der Waals surface area (Å²) in [6.07, 6.45) is 5.58. The van der Waals surface area contributed by atoms with Crippen LogP contribution in [0.3, 0.4) is 0 Å². The number of benzene rings is 1. The van der Waals surface area contributed by atoms with E-state index >= 15 is 0 Å². The molecular weight excluding hydrogens is 426 g/mol. The predicted octanol–water partition coefficient (Wildman–Crippen LogP) is 3.84. The highest BCUT2D eigenvalue weighted by Gasteiger charge is 2.27. The Morgan fingerprint density at radius 1 is 1.19 bits per heavy atom. The molecule has 8 heteroatoms. The summed E-state index contributed by atoms with van der Waals surface area (Å²) in [7, 11) is 0. The molecular formula is C24H34ClN5O2. The van der Waals surface area contributed by atoms with Gasteiger partial charge in [-0.15, -0.1) is 0 Å². The first-order valence-corrected chi connectivity index (χ1v) is 12.3. The zero-order chi connectivity index (χ0) is 22.3. The molecule has 2 aliphatic heterocycles. The second-order valence-electron chi connectivity index (χ2n) is 9.26. The number of piperidine rings is 2. The van der Waals surface area contributed by atoms with E-state index in [1.54, 1.807) is 0 Å². The maximum absolute atomic E-state index is 12.7. The molecule has 1 aromatic heterocycles. The minimum Gasteiger partial charge on any atom is -0.356 e. The number of hydrogen-bond donors (Lipinski definition) is 1. The fourth-order valence-corrected chi connectivity index (χ4v) is 5.04. The third kappa shape index (κ3) is 6.30. The summed E-state index contributed by atoms with van der Waals surface area (Å²) < 4.78 is 5.45. The van der Waals surface area contributed by atoms with Gasteiger partial charge in [0.2, 0.25) is 17.6 Å². The smallest absolute Gasteiger partial charge is 0.241 e. The average molecular weight is 460 g/mol. The van der Waals surface area contributed by atoms with Gasteiger partial charge in [-0.25, -0.2) is 0 Å². The van der Waals surface area contributed by atoms with E-state index in [2.05, 4.69) is 32.2 Å². The molecule has 3 heterocycles. The van der Waals surface area contributed by atoms with Crippen molar-refractivity contribution < 1.29 is 9.32 Å². The highest BCUT2D eigenvalue weighted by molar-refractivity contribution is 6.33. The number of nitrogens with one attached hydrogen (secondary N) is 1. The lowest BCUT2D eigenvalue weighted by Crippen LogP contribution is -2.43. The lowest BCUT2D eigenvalue weighted by molar-refractivity contribution is -0.126. The van der Waals surface area contributed by atoms with E-state index in [4.69, 9.17) is 16.1 Å². The van der Waals surface area contributed by atoms with Crippen LogP contribution < -0.4 is 5.32 Å². The van der Waals surface area contributed by atoms with Crippen LogP contribution in [0.5, 0.6) is 0 Å². The normalized spacial score (nSPS) is 22.7. The topological polar surface area (TPSA) is 74.5 Å². The molecule has 32 heavy (non-hydrogen) atoms. The van der Waals surface area contributed by atoms with Gasteiger partial charge in [0.1, 0.15) is 0 Å². The Balaban J connectivity index is 1.21. The van der Waals surface area contributed by atoms with E-state index < -0.39 is 0 Å². The van der Waals surface area contributed by atoms with Crippen molar-refractivity contribution in [2.24, 2.45) is 11.8 Å². The number of rotatable bonds is 8. The Bertz CT molecular complexity index is 889. The van der Waals surface area contributed by atoms with Crippen LogP contribution in [0.15, 0.2) is 28.8 Å². The third-order valence-corrected chi connectivity index (χ3v) is 6.84. The minimum atomic E-state index is 0.0183. The van der Waals surface area contributed by atoms with Crippen molar-refractivity contribution in [3.8, 4) is 11.4 Å². The molecule has 1 N–H and O–H groups in total. The molecule has 0 aliphatic carbocycles. The Kier molecular flexibility index (Phi) is 8.16.